The van der Waals surface area contributed by atoms with E-state index in [4.69, 9.17) is 39.9 Å². The van der Waals surface area contributed by atoms with Crippen LogP contribution in [-0.4, -0.2) is 39.9 Å². The van der Waals surface area contributed by atoms with Crippen molar-refractivity contribution in [2.75, 3.05) is 0 Å². The summed E-state index contributed by atoms with van der Waals surface area (Å²) >= 11 is 3.23. The van der Waals surface area contributed by atoms with E-state index in [1.54, 1.807) is 22.7 Å². The van der Waals surface area contributed by atoms with Gasteiger partial charge in [0.25, 0.3) is 0 Å². The van der Waals surface area contributed by atoms with E-state index >= 15 is 0 Å². The van der Waals surface area contributed by atoms with Gasteiger partial charge >= 0.3 is 0 Å². The zero-order chi connectivity index (χ0) is 38.1. The summed E-state index contributed by atoms with van der Waals surface area (Å²) < 4.78 is 2.18. The molecule has 4 aromatic heterocycles. The molecule has 1 aliphatic carbocycles. The predicted molar refractivity (Wildman–Crippen MR) is 230 cm³/mol. The lowest BCUT2D eigenvalue weighted by Crippen LogP contribution is -2.14. The highest BCUT2D eigenvalue weighted by Crippen LogP contribution is 2.52. The standard InChI is InChI=1S/C47H30N8S2/c1-47(2)33-25-37-35(48-45(56-37)43-52-39(27-15-7-3-8-16-27)50-40(53-43)28-17-9-4-10-18-28)23-31(33)32-24-36-38(26-34(32)47)57-46(49-36)44-54-41(29-19-11-5-12-20-29)51-42(55-44)30-21-13-6-14-22-30/h3-26H,1-2H3. The van der Waals surface area contributed by atoms with E-state index in [0.717, 1.165) is 52.7 Å². The molecule has 1 aliphatic rings. The van der Waals surface area contributed by atoms with E-state index in [-0.39, 0.29) is 5.41 Å². The summed E-state index contributed by atoms with van der Waals surface area (Å²) in [5.74, 6) is 3.59. The van der Waals surface area contributed by atoms with Crippen molar-refractivity contribution in [3.05, 3.63) is 157 Å². The SMILES string of the molecule is CC1(C)c2cc3sc(-c4nc(-c5ccccc5)nc(-c5ccccc5)n4)nc3cc2-c2cc3nc(-c4nc(-c5ccccc5)nc(-c5ccccc5)n4)sc3cc21. The van der Waals surface area contributed by atoms with E-state index in [9.17, 15) is 0 Å². The molecule has 0 saturated carbocycles. The van der Waals surface area contributed by atoms with Gasteiger partial charge < -0.3 is 0 Å². The minimum Gasteiger partial charge on any atom is -0.233 e. The molecule has 0 atom stereocenters. The molecule has 0 spiro atoms. The molecule has 11 rings (SSSR count). The molecule has 10 heteroatoms. The molecule has 0 amide bonds. The molecule has 0 unspecified atom stereocenters. The van der Waals surface area contributed by atoms with Gasteiger partial charge in [-0.2, -0.15) is 0 Å². The minimum atomic E-state index is -0.246. The van der Waals surface area contributed by atoms with Crippen molar-refractivity contribution in [1.29, 1.82) is 0 Å². The summed E-state index contributed by atoms with van der Waals surface area (Å²) in [5, 5.41) is 1.51. The summed E-state index contributed by atoms with van der Waals surface area (Å²) in [7, 11) is 0. The molecular weight excluding hydrogens is 741 g/mol. The van der Waals surface area contributed by atoms with Gasteiger partial charge in [-0.1, -0.05) is 135 Å². The van der Waals surface area contributed by atoms with Crippen molar-refractivity contribution in [2.45, 2.75) is 19.3 Å². The summed E-state index contributed by atoms with van der Waals surface area (Å²) in [6.07, 6.45) is 0. The van der Waals surface area contributed by atoms with Crippen molar-refractivity contribution in [3.8, 4) is 78.3 Å². The van der Waals surface area contributed by atoms with Crippen LogP contribution in [0.4, 0.5) is 0 Å². The zero-order valence-corrected chi connectivity index (χ0v) is 32.4. The highest BCUT2D eigenvalue weighted by Gasteiger charge is 2.37. The minimum absolute atomic E-state index is 0.246. The van der Waals surface area contributed by atoms with Crippen LogP contribution in [0, 0.1) is 0 Å². The predicted octanol–water partition coefficient (Wildman–Crippen LogP) is 11.6. The Morgan fingerprint density at radius 1 is 0.351 bits per heavy atom. The lowest BCUT2D eigenvalue weighted by Gasteiger charge is -2.21. The van der Waals surface area contributed by atoms with Gasteiger partial charge in [0.15, 0.2) is 45.0 Å². The van der Waals surface area contributed by atoms with Crippen LogP contribution in [0.1, 0.15) is 25.0 Å². The van der Waals surface area contributed by atoms with Crippen LogP contribution < -0.4 is 0 Å². The molecule has 8 nitrogen and oxygen atoms in total. The number of hydrogen-bond donors (Lipinski definition) is 0. The van der Waals surface area contributed by atoms with E-state index in [2.05, 4.69) is 38.1 Å². The summed E-state index contributed by atoms with van der Waals surface area (Å²) in [5.41, 5.74) is 10.1. The molecule has 6 aromatic carbocycles. The fraction of sp³-hybridized carbons (Fsp3) is 0.0638. The lowest BCUT2D eigenvalue weighted by molar-refractivity contribution is 0.662. The van der Waals surface area contributed by atoms with Gasteiger partial charge in [0.05, 0.1) is 20.4 Å². The van der Waals surface area contributed by atoms with Gasteiger partial charge in [0, 0.05) is 27.7 Å². The Morgan fingerprint density at radius 3 is 0.965 bits per heavy atom. The lowest BCUT2D eigenvalue weighted by atomic mass is 9.82. The number of aromatic nitrogens is 8. The van der Waals surface area contributed by atoms with Gasteiger partial charge in [-0.3, -0.25) is 0 Å². The Labute approximate surface area is 335 Å². The molecule has 0 fully saturated rings. The first-order chi connectivity index (χ1) is 27.9. The maximum Gasteiger partial charge on any atom is 0.192 e. The second-order valence-electron chi connectivity index (χ2n) is 14.5. The van der Waals surface area contributed by atoms with Crippen molar-refractivity contribution in [2.24, 2.45) is 0 Å². The number of nitrogens with zero attached hydrogens (tertiary/aromatic N) is 8. The molecule has 0 aliphatic heterocycles. The number of fused-ring (bicyclic) bond motifs is 5. The average Bonchev–Trinajstić information content (AvgIpc) is 3.95. The normalized spacial score (nSPS) is 12.9. The van der Waals surface area contributed by atoms with Crippen LogP contribution in [0.2, 0.25) is 0 Å². The van der Waals surface area contributed by atoms with Gasteiger partial charge in [-0.05, 0) is 46.5 Å². The van der Waals surface area contributed by atoms with Crippen LogP contribution in [0.25, 0.3) is 98.8 Å². The smallest absolute Gasteiger partial charge is 0.192 e. The van der Waals surface area contributed by atoms with Crippen molar-refractivity contribution in [1.82, 2.24) is 39.9 Å². The zero-order valence-electron chi connectivity index (χ0n) is 30.8. The van der Waals surface area contributed by atoms with Crippen LogP contribution in [0.3, 0.4) is 0 Å². The van der Waals surface area contributed by atoms with E-state index < -0.39 is 0 Å². The Morgan fingerprint density at radius 2 is 0.649 bits per heavy atom. The van der Waals surface area contributed by atoms with Crippen molar-refractivity contribution >= 4 is 43.1 Å². The average molecular weight is 771 g/mol. The first-order valence-corrected chi connectivity index (χ1v) is 20.2. The summed E-state index contributed by atoms with van der Waals surface area (Å²) in [6, 6.07) is 49.2. The van der Waals surface area contributed by atoms with Crippen molar-refractivity contribution < 1.29 is 0 Å². The molecule has 0 N–H and O–H groups in total. The molecule has 10 aromatic rings. The van der Waals surface area contributed by atoms with Gasteiger partial charge in [-0.15, -0.1) is 22.7 Å². The van der Waals surface area contributed by atoms with Crippen LogP contribution in [0.15, 0.2) is 146 Å². The Bertz CT molecular complexity index is 2820. The topological polar surface area (TPSA) is 103 Å². The third kappa shape index (κ3) is 5.80. The van der Waals surface area contributed by atoms with E-state index in [0.29, 0.717) is 34.9 Å². The third-order valence-electron chi connectivity index (χ3n) is 10.5. The maximum absolute atomic E-state index is 5.15. The second kappa shape index (κ2) is 13.1. The summed E-state index contributed by atoms with van der Waals surface area (Å²) in [6.45, 7) is 4.60. The first-order valence-electron chi connectivity index (χ1n) is 18.6. The quantitative estimate of drug-likeness (QED) is 0.165. The Balaban J connectivity index is 1.01. The van der Waals surface area contributed by atoms with E-state index in [1.807, 2.05) is 121 Å². The highest BCUT2D eigenvalue weighted by atomic mass is 32.1. The number of hydrogen-bond acceptors (Lipinski definition) is 10. The van der Waals surface area contributed by atoms with Crippen LogP contribution >= 0.6 is 22.7 Å². The molecule has 0 saturated heterocycles. The van der Waals surface area contributed by atoms with Crippen molar-refractivity contribution in [3.63, 3.8) is 0 Å². The van der Waals surface area contributed by atoms with Crippen LogP contribution in [0.5, 0.6) is 0 Å². The Hall–Kier alpha value is -6.88. The molecule has 4 heterocycles. The molecule has 57 heavy (non-hydrogen) atoms. The fourth-order valence-corrected chi connectivity index (χ4v) is 9.41. The largest absolute Gasteiger partial charge is 0.233 e. The monoisotopic (exact) mass is 770 g/mol. The van der Waals surface area contributed by atoms with Gasteiger partial charge in [-0.25, -0.2) is 39.9 Å². The van der Waals surface area contributed by atoms with Crippen LogP contribution in [-0.2, 0) is 5.41 Å². The molecule has 270 valence electrons. The van der Waals surface area contributed by atoms with Gasteiger partial charge in [0.1, 0.15) is 0 Å². The van der Waals surface area contributed by atoms with E-state index in [1.165, 1.54) is 22.3 Å². The molecular formula is C47H30N8S2. The number of rotatable bonds is 6. The highest BCUT2D eigenvalue weighted by molar-refractivity contribution is 7.22. The summed E-state index contributed by atoms with van der Waals surface area (Å²) in [4.78, 5) is 39.8. The fourth-order valence-electron chi connectivity index (χ4n) is 7.57. The maximum atomic E-state index is 5.15. The number of thiazole rings is 2. The first kappa shape index (κ1) is 33.5. The third-order valence-corrected chi connectivity index (χ3v) is 12.5. The number of benzene rings is 6. The second-order valence-corrected chi connectivity index (χ2v) is 16.5. The Kier molecular flexibility index (Phi) is 7.70. The molecule has 0 radical (unpaired) electrons. The van der Waals surface area contributed by atoms with Gasteiger partial charge in [0.2, 0.25) is 0 Å². The molecule has 0 bridgehead atoms.